The van der Waals surface area contributed by atoms with Gasteiger partial charge in [0.2, 0.25) is 0 Å². The van der Waals surface area contributed by atoms with Gasteiger partial charge < -0.3 is 4.57 Å². The molecule has 3 aromatic carbocycles. The van der Waals surface area contributed by atoms with E-state index in [1.165, 1.54) is 11.1 Å². The predicted molar refractivity (Wildman–Crippen MR) is 133 cm³/mol. The maximum atomic E-state index is 6.42. The molecule has 0 N–H and O–H groups in total. The quantitative estimate of drug-likeness (QED) is 0.278. The van der Waals surface area contributed by atoms with Crippen LogP contribution in [-0.2, 0) is 6.54 Å². The van der Waals surface area contributed by atoms with E-state index >= 15 is 0 Å². The van der Waals surface area contributed by atoms with Gasteiger partial charge in [-0.15, -0.1) is 0 Å². The van der Waals surface area contributed by atoms with Gasteiger partial charge in [0.1, 0.15) is 5.82 Å². The van der Waals surface area contributed by atoms with Crippen LogP contribution in [0.25, 0.3) is 34.5 Å². The van der Waals surface area contributed by atoms with Gasteiger partial charge in [-0.1, -0.05) is 97.2 Å². The Morgan fingerprint density at radius 3 is 2.32 bits per heavy atom. The predicted octanol–water partition coefficient (Wildman–Crippen LogP) is 8.49. The van der Waals surface area contributed by atoms with E-state index in [0.29, 0.717) is 10.0 Å². The Hall–Kier alpha value is -2.81. The van der Waals surface area contributed by atoms with Gasteiger partial charge in [0.05, 0.1) is 10.7 Å². The molecule has 156 valence electrons. The number of rotatable bonds is 7. The van der Waals surface area contributed by atoms with Crippen molar-refractivity contribution < 1.29 is 0 Å². The summed E-state index contributed by atoms with van der Waals surface area (Å²) in [5.41, 5.74) is 5.32. The highest BCUT2D eigenvalue weighted by Crippen LogP contribution is 2.30. The number of aromatic nitrogens is 2. The number of nitrogens with zero attached hydrogens (tertiary/aromatic N) is 2. The average molecular weight is 447 g/mol. The summed E-state index contributed by atoms with van der Waals surface area (Å²) in [4.78, 5) is 4.85. The average Bonchev–Trinajstić information content (AvgIpc) is 3.20. The minimum Gasteiger partial charge on any atom is -0.331 e. The number of hydrogen-bond acceptors (Lipinski definition) is 1. The van der Waals surface area contributed by atoms with Crippen molar-refractivity contribution in [2.45, 2.75) is 26.3 Å². The first-order chi connectivity index (χ1) is 15.1. The van der Waals surface area contributed by atoms with Gasteiger partial charge in [-0.2, -0.15) is 0 Å². The molecule has 0 bridgehead atoms. The van der Waals surface area contributed by atoms with E-state index in [2.05, 4.69) is 78.4 Å². The molecule has 1 heterocycles. The van der Waals surface area contributed by atoms with Gasteiger partial charge in [0.15, 0.2) is 0 Å². The molecule has 0 aliphatic rings. The Morgan fingerprint density at radius 1 is 0.871 bits per heavy atom. The van der Waals surface area contributed by atoms with Gasteiger partial charge >= 0.3 is 0 Å². The van der Waals surface area contributed by atoms with Crippen molar-refractivity contribution in [2.24, 2.45) is 0 Å². The molecule has 0 aliphatic heterocycles. The third kappa shape index (κ3) is 5.28. The van der Waals surface area contributed by atoms with E-state index < -0.39 is 0 Å². The first-order valence-corrected chi connectivity index (χ1v) is 11.3. The molecule has 4 rings (SSSR count). The SMILES string of the molecule is CCCCn1cc(-c2ccc(Cl)cc2Cl)nc1C=Cc1ccc(-c2ccccc2)cc1. The van der Waals surface area contributed by atoms with Gasteiger partial charge in [-0.3, -0.25) is 0 Å². The summed E-state index contributed by atoms with van der Waals surface area (Å²) in [5, 5.41) is 1.23. The fourth-order valence-corrected chi connectivity index (χ4v) is 3.99. The van der Waals surface area contributed by atoms with Crippen LogP contribution in [0, 0.1) is 0 Å². The topological polar surface area (TPSA) is 17.8 Å². The van der Waals surface area contributed by atoms with Crippen molar-refractivity contribution in [2.75, 3.05) is 0 Å². The largest absolute Gasteiger partial charge is 0.331 e. The van der Waals surface area contributed by atoms with Crippen molar-refractivity contribution in [1.29, 1.82) is 0 Å². The highest BCUT2D eigenvalue weighted by atomic mass is 35.5. The van der Waals surface area contributed by atoms with Gasteiger partial charge in [-0.05, 0) is 47.4 Å². The summed E-state index contributed by atoms with van der Waals surface area (Å²) in [5.74, 6) is 0.918. The molecule has 0 saturated heterocycles. The Bertz CT molecular complexity index is 1180. The molecule has 1 aromatic heterocycles. The molecule has 2 nitrogen and oxygen atoms in total. The minimum atomic E-state index is 0.611. The van der Waals surface area contributed by atoms with Crippen LogP contribution in [0.4, 0.5) is 0 Å². The zero-order valence-electron chi connectivity index (χ0n) is 17.4. The molecule has 0 amide bonds. The van der Waals surface area contributed by atoms with Crippen LogP contribution in [0.5, 0.6) is 0 Å². The maximum Gasteiger partial charge on any atom is 0.133 e. The van der Waals surface area contributed by atoms with Crippen molar-refractivity contribution in [1.82, 2.24) is 9.55 Å². The first kappa shape index (κ1) is 21.4. The van der Waals surface area contributed by atoms with E-state index in [-0.39, 0.29) is 0 Å². The van der Waals surface area contributed by atoms with Crippen molar-refractivity contribution in [3.05, 3.63) is 100 Å². The second-order valence-electron chi connectivity index (χ2n) is 7.48. The monoisotopic (exact) mass is 446 g/mol. The van der Waals surface area contributed by atoms with Crippen molar-refractivity contribution >= 4 is 35.4 Å². The number of unbranched alkanes of at least 4 members (excludes halogenated alkanes) is 1. The van der Waals surface area contributed by atoms with Gasteiger partial charge in [-0.25, -0.2) is 4.98 Å². The normalized spacial score (nSPS) is 11.3. The van der Waals surface area contributed by atoms with Gasteiger partial charge in [0, 0.05) is 23.3 Å². The summed E-state index contributed by atoms with van der Waals surface area (Å²) >= 11 is 12.5. The standard InChI is InChI=1S/C27H24Cl2N2/c1-2-3-17-31-19-26(24-15-14-23(28)18-25(24)29)30-27(31)16-11-20-9-12-22(13-10-20)21-7-5-4-6-8-21/h4-16,18-19H,2-3,17H2,1H3. The lowest BCUT2D eigenvalue weighted by molar-refractivity contribution is 0.627. The highest BCUT2D eigenvalue weighted by Gasteiger charge is 2.11. The molecule has 0 saturated carbocycles. The number of hydrogen-bond donors (Lipinski definition) is 0. The lowest BCUT2D eigenvalue weighted by atomic mass is 10.0. The molecular weight excluding hydrogens is 423 g/mol. The Labute approximate surface area is 193 Å². The van der Waals surface area contributed by atoms with Crippen molar-refractivity contribution in [3.8, 4) is 22.4 Å². The first-order valence-electron chi connectivity index (χ1n) is 10.5. The molecule has 4 aromatic rings. The van der Waals surface area contributed by atoms with E-state index in [1.807, 2.05) is 18.2 Å². The van der Waals surface area contributed by atoms with Crippen molar-refractivity contribution in [3.63, 3.8) is 0 Å². The van der Waals surface area contributed by atoms with Crippen LogP contribution >= 0.6 is 23.2 Å². The molecule has 0 fully saturated rings. The zero-order valence-corrected chi connectivity index (χ0v) is 18.9. The number of imidazole rings is 1. The van der Waals surface area contributed by atoms with Gasteiger partial charge in [0.25, 0.3) is 0 Å². The molecule has 31 heavy (non-hydrogen) atoms. The third-order valence-corrected chi connectivity index (χ3v) is 5.76. The second kappa shape index (κ2) is 10.00. The lowest BCUT2D eigenvalue weighted by Crippen LogP contribution is -1.98. The van der Waals surface area contributed by atoms with Crippen LogP contribution in [0.15, 0.2) is 79.0 Å². The number of benzene rings is 3. The van der Waals surface area contributed by atoms with Crippen LogP contribution < -0.4 is 0 Å². The van der Waals surface area contributed by atoms with E-state index in [1.54, 1.807) is 6.07 Å². The molecule has 0 radical (unpaired) electrons. The lowest BCUT2D eigenvalue weighted by Gasteiger charge is -2.04. The molecule has 4 heteroatoms. The minimum absolute atomic E-state index is 0.611. The summed E-state index contributed by atoms with van der Waals surface area (Å²) in [6.07, 6.45) is 8.46. The fourth-order valence-electron chi connectivity index (χ4n) is 3.49. The summed E-state index contributed by atoms with van der Waals surface area (Å²) in [7, 11) is 0. The Balaban J connectivity index is 1.60. The molecular formula is C27H24Cl2N2. The zero-order chi connectivity index (χ0) is 21.6. The summed E-state index contributed by atoms with van der Waals surface area (Å²) in [6, 6.07) is 24.5. The number of aryl methyl sites for hydroxylation is 1. The molecule has 0 aliphatic carbocycles. The summed E-state index contributed by atoms with van der Waals surface area (Å²) in [6.45, 7) is 3.11. The van der Waals surface area contributed by atoms with Crippen LogP contribution in [0.2, 0.25) is 10.0 Å². The van der Waals surface area contributed by atoms with E-state index in [9.17, 15) is 0 Å². The van der Waals surface area contributed by atoms with Crippen LogP contribution in [-0.4, -0.2) is 9.55 Å². The fraction of sp³-hybridized carbons (Fsp3) is 0.148. The smallest absolute Gasteiger partial charge is 0.133 e. The van der Waals surface area contributed by atoms with Crippen LogP contribution in [0.3, 0.4) is 0 Å². The third-order valence-electron chi connectivity index (χ3n) is 5.21. The Morgan fingerprint density at radius 2 is 1.61 bits per heavy atom. The second-order valence-corrected chi connectivity index (χ2v) is 8.32. The Kier molecular flexibility index (Phi) is 6.91. The molecule has 0 spiro atoms. The molecule has 0 unspecified atom stereocenters. The highest BCUT2D eigenvalue weighted by molar-refractivity contribution is 6.36. The van der Waals surface area contributed by atoms with E-state index in [4.69, 9.17) is 28.2 Å². The molecule has 0 atom stereocenters. The maximum absolute atomic E-state index is 6.42. The van der Waals surface area contributed by atoms with Crippen LogP contribution in [0.1, 0.15) is 31.2 Å². The number of halogens is 2. The van der Waals surface area contributed by atoms with E-state index in [0.717, 1.165) is 42.0 Å². The summed E-state index contributed by atoms with van der Waals surface area (Å²) < 4.78 is 2.19.